The number of aryl methyl sites for hydroxylation is 2. The number of pyridine rings is 1. The molecule has 3 heterocycles. The van der Waals surface area contributed by atoms with E-state index >= 15 is 0 Å². The third kappa shape index (κ3) is 4.21. The minimum absolute atomic E-state index is 0.306. The maximum Gasteiger partial charge on any atom is 0.262 e. The first kappa shape index (κ1) is 19.3. The van der Waals surface area contributed by atoms with E-state index in [1.54, 1.807) is 11.6 Å². The zero-order valence-corrected chi connectivity index (χ0v) is 17.5. The number of thiazole rings is 1. The van der Waals surface area contributed by atoms with Crippen LogP contribution in [0.25, 0.3) is 11.4 Å². The van der Waals surface area contributed by atoms with E-state index in [0.29, 0.717) is 28.1 Å². The van der Waals surface area contributed by atoms with Crippen molar-refractivity contribution in [3.63, 3.8) is 0 Å². The van der Waals surface area contributed by atoms with Crippen LogP contribution < -0.4 is 5.32 Å². The second-order valence-electron chi connectivity index (χ2n) is 6.55. The number of halogens is 1. The monoisotopic (exact) mass is 423 g/mol. The van der Waals surface area contributed by atoms with Crippen LogP contribution in [0.4, 0.5) is 5.13 Å². The summed E-state index contributed by atoms with van der Waals surface area (Å²) in [5.74, 6) is -0.329. The van der Waals surface area contributed by atoms with Gasteiger partial charge in [-0.05, 0) is 31.5 Å². The topological polar surface area (TPSA) is 72.7 Å². The van der Waals surface area contributed by atoms with Crippen LogP contribution in [0.2, 0.25) is 5.15 Å². The van der Waals surface area contributed by atoms with Crippen LogP contribution in [0.15, 0.2) is 53.9 Å². The van der Waals surface area contributed by atoms with Gasteiger partial charge in [-0.1, -0.05) is 48.0 Å². The van der Waals surface area contributed by atoms with Gasteiger partial charge in [-0.15, -0.1) is 11.3 Å². The van der Waals surface area contributed by atoms with Crippen LogP contribution in [-0.2, 0) is 6.54 Å². The highest BCUT2D eigenvalue weighted by molar-refractivity contribution is 7.14. The van der Waals surface area contributed by atoms with E-state index in [9.17, 15) is 4.79 Å². The SMILES string of the molecule is Cc1cccc(-c2csc(NC(=O)c3c(C)nn(Cc4ccccc4)c3Cl)n2)n1. The first-order valence-corrected chi connectivity index (χ1v) is 10.2. The number of carbonyl (C=O) groups excluding carboxylic acids is 1. The summed E-state index contributed by atoms with van der Waals surface area (Å²) in [5.41, 5.74) is 4.38. The van der Waals surface area contributed by atoms with Crippen LogP contribution in [0.1, 0.15) is 27.3 Å². The molecule has 6 nitrogen and oxygen atoms in total. The standard InChI is InChI=1S/C21H18ClN5OS/c1-13-7-6-10-16(23-13)17-12-29-21(24-17)25-20(28)18-14(2)26-27(19(18)22)11-15-8-4-3-5-9-15/h3-10,12H,11H2,1-2H3,(H,24,25,28). The number of anilines is 1. The molecule has 1 aromatic carbocycles. The van der Waals surface area contributed by atoms with Gasteiger partial charge in [0.05, 0.1) is 23.5 Å². The molecule has 0 aliphatic carbocycles. The van der Waals surface area contributed by atoms with Crippen LogP contribution in [0.3, 0.4) is 0 Å². The van der Waals surface area contributed by atoms with Gasteiger partial charge in [0.25, 0.3) is 5.91 Å². The number of hydrogen-bond donors (Lipinski definition) is 1. The van der Waals surface area contributed by atoms with Crippen LogP contribution >= 0.6 is 22.9 Å². The lowest BCUT2D eigenvalue weighted by atomic mass is 10.2. The Morgan fingerprint density at radius 2 is 1.86 bits per heavy atom. The van der Waals surface area contributed by atoms with E-state index < -0.39 is 0 Å². The number of aromatic nitrogens is 4. The summed E-state index contributed by atoms with van der Waals surface area (Å²) < 4.78 is 1.63. The van der Waals surface area contributed by atoms with Crippen LogP contribution in [0.5, 0.6) is 0 Å². The molecule has 4 rings (SSSR count). The summed E-state index contributed by atoms with van der Waals surface area (Å²) in [7, 11) is 0. The van der Waals surface area contributed by atoms with Crippen LogP contribution in [-0.4, -0.2) is 25.7 Å². The number of nitrogens with one attached hydrogen (secondary N) is 1. The molecule has 8 heteroatoms. The van der Waals surface area contributed by atoms with Crippen molar-refractivity contribution < 1.29 is 4.79 Å². The molecular weight excluding hydrogens is 406 g/mol. The zero-order chi connectivity index (χ0) is 20.4. The van der Waals surface area contributed by atoms with Gasteiger partial charge in [-0.25, -0.2) is 9.67 Å². The molecule has 0 fully saturated rings. The number of benzene rings is 1. The maximum absolute atomic E-state index is 12.8. The van der Waals surface area contributed by atoms with Gasteiger partial charge in [0.1, 0.15) is 10.8 Å². The minimum Gasteiger partial charge on any atom is -0.298 e. The van der Waals surface area contributed by atoms with E-state index in [0.717, 1.165) is 22.6 Å². The number of rotatable bonds is 5. The first-order valence-electron chi connectivity index (χ1n) is 8.99. The average molecular weight is 424 g/mol. The van der Waals surface area contributed by atoms with E-state index in [4.69, 9.17) is 11.6 Å². The Balaban J connectivity index is 1.53. The van der Waals surface area contributed by atoms with Crippen molar-refractivity contribution in [2.24, 2.45) is 0 Å². The largest absolute Gasteiger partial charge is 0.298 e. The lowest BCUT2D eigenvalue weighted by Gasteiger charge is -2.04. The molecule has 29 heavy (non-hydrogen) atoms. The van der Waals surface area contributed by atoms with Crippen molar-refractivity contribution in [3.8, 4) is 11.4 Å². The highest BCUT2D eigenvalue weighted by Crippen LogP contribution is 2.26. The predicted molar refractivity (Wildman–Crippen MR) is 116 cm³/mol. The minimum atomic E-state index is -0.329. The Morgan fingerprint density at radius 1 is 1.07 bits per heavy atom. The predicted octanol–water partition coefficient (Wildman–Crippen LogP) is 4.97. The quantitative estimate of drug-likeness (QED) is 0.491. The third-order valence-corrected chi connectivity index (χ3v) is 5.48. The fourth-order valence-corrected chi connectivity index (χ4v) is 3.99. The second-order valence-corrected chi connectivity index (χ2v) is 7.77. The van der Waals surface area contributed by atoms with Gasteiger partial charge >= 0.3 is 0 Å². The number of hydrogen-bond acceptors (Lipinski definition) is 5. The van der Waals surface area contributed by atoms with Crippen molar-refractivity contribution in [1.29, 1.82) is 0 Å². The van der Waals surface area contributed by atoms with Crippen molar-refractivity contribution >= 4 is 34.0 Å². The Labute approximate surface area is 177 Å². The molecule has 146 valence electrons. The van der Waals surface area contributed by atoms with E-state index in [-0.39, 0.29) is 5.91 Å². The summed E-state index contributed by atoms with van der Waals surface area (Å²) in [5, 5.41) is 9.91. The van der Waals surface area contributed by atoms with Gasteiger partial charge in [-0.3, -0.25) is 15.1 Å². The number of nitrogens with zero attached hydrogens (tertiary/aromatic N) is 4. The average Bonchev–Trinajstić information content (AvgIpc) is 3.27. The zero-order valence-electron chi connectivity index (χ0n) is 15.9. The molecule has 3 aromatic heterocycles. The summed E-state index contributed by atoms with van der Waals surface area (Å²) in [4.78, 5) is 21.8. The Morgan fingerprint density at radius 3 is 2.62 bits per heavy atom. The molecule has 0 aliphatic rings. The van der Waals surface area contributed by atoms with Crippen molar-refractivity contribution in [1.82, 2.24) is 19.7 Å². The molecule has 1 amide bonds. The second kappa shape index (κ2) is 8.14. The van der Waals surface area contributed by atoms with Gasteiger partial charge in [0.2, 0.25) is 0 Å². The lowest BCUT2D eigenvalue weighted by molar-refractivity contribution is 0.102. The van der Waals surface area contributed by atoms with E-state index in [1.165, 1.54) is 11.3 Å². The Hall–Kier alpha value is -3.03. The van der Waals surface area contributed by atoms with Gasteiger partial charge in [0.15, 0.2) is 5.13 Å². The normalized spacial score (nSPS) is 10.9. The van der Waals surface area contributed by atoms with Gasteiger partial charge in [0, 0.05) is 11.1 Å². The highest BCUT2D eigenvalue weighted by atomic mass is 35.5. The molecule has 0 unspecified atom stereocenters. The van der Waals surface area contributed by atoms with Crippen molar-refractivity contribution in [3.05, 3.63) is 81.6 Å². The lowest BCUT2D eigenvalue weighted by Crippen LogP contribution is -2.13. The van der Waals surface area contributed by atoms with Gasteiger partial charge < -0.3 is 0 Å². The Kier molecular flexibility index (Phi) is 5.42. The molecule has 0 saturated heterocycles. The summed E-state index contributed by atoms with van der Waals surface area (Å²) in [6.45, 7) is 4.19. The molecular formula is C21H18ClN5OS. The fraction of sp³-hybridized carbons (Fsp3) is 0.143. The third-order valence-electron chi connectivity index (χ3n) is 4.34. The molecule has 0 saturated carbocycles. The smallest absolute Gasteiger partial charge is 0.262 e. The molecule has 0 atom stereocenters. The van der Waals surface area contributed by atoms with Gasteiger partial charge in [-0.2, -0.15) is 5.10 Å². The maximum atomic E-state index is 12.8. The van der Waals surface area contributed by atoms with Crippen LogP contribution in [0, 0.1) is 13.8 Å². The first-order chi connectivity index (χ1) is 14.0. The van der Waals surface area contributed by atoms with Crippen molar-refractivity contribution in [2.75, 3.05) is 5.32 Å². The number of amides is 1. The number of carbonyl (C=O) groups is 1. The summed E-state index contributed by atoms with van der Waals surface area (Å²) in [6.07, 6.45) is 0. The van der Waals surface area contributed by atoms with E-state index in [1.807, 2.05) is 60.8 Å². The molecule has 0 spiro atoms. The summed E-state index contributed by atoms with van der Waals surface area (Å²) in [6, 6.07) is 15.6. The molecule has 0 bridgehead atoms. The molecule has 1 N–H and O–H groups in total. The molecule has 0 radical (unpaired) electrons. The molecule has 0 aliphatic heterocycles. The molecule has 4 aromatic rings. The van der Waals surface area contributed by atoms with E-state index in [2.05, 4.69) is 20.4 Å². The highest BCUT2D eigenvalue weighted by Gasteiger charge is 2.21. The Bertz CT molecular complexity index is 1170. The van der Waals surface area contributed by atoms with Crippen molar-refractivity contribution in [2.45, 2.75) is 20.4 Å². The summed E-state index contributed by atoms with van der Waals surface area (Å²) >= 11 is 7.81. The fourth-order valence-electron chi connectivity index (χ4n) is 2.97.